The summed E-state index contributed by atoms with van der Waals surface area (Å²) in [6.07, 6.45) is -4.61. The average molecular weight is 659 g/mol. The van der Waals surface area contributed by atoms with E-state index < -0.39 is 35.5 Å². The van der Waals surface area contributed by atoms with Crippen LogP contribution in [0.1, 0.15) is 71.9 Å². The van der Waals surface area contributed by atoms with Crippen molar-refractivity contribution in [3.8, 4) is 5.75 Å². The largest absolute Gasteiger partial charge is 0.494 e. The van der Waals surface area contributed by atoms with E-state index in [-0.39, 0.29) is 38.7 Å². The molecule has 1 aromatic rings. The van der Waals surface area contributed by atoms with Gasteiger partial charge < -0.3 is 40.4 Å². The number of guanidine groups is 1. The van der Waals surface area contributed by atoms with Gasteiger partial charge in [0.05, 0.1) is 6.61 Å². The molecule has 0 bridgehead atoms. The molecule has 0 saturated heterocycles. The third-order valence-electron chi connectivity index (χ3n) is 6.36. The van der Waals surface area contributed by atoms with Gasteiger partial charge in [0.1, 0.15) is 17.0 Å². The molecule has 2 rings (SSSR count). The average Bonchev–Trinajstić information content (AvgIpc) is 2.92. The summed E-state index contributed by atoms with van der Waals surface area (Å²) >= 11 is 0. The van der Waals surface area contributed by atoms with Crippen molar-refractivity contribution in [2.24, 2.45) is 10.7 Å². The van der Waals surface area contributed by atoms with Crippen molar-refractivity contribution in [2.75, 3.05) is 45.9 Å². The summed E-state index contributed by atoms with van der Waals surface area (Å²) in [4.78, 5) is 43.2. The van der Waals surface area contributed by atoms with E-state index in [1.54, 1.807) is 57.4 Å². The van der Waals surface area contributed by atoms with Gasteiger partial charge in [-0.05, 0) is 97.0 Å². The standard InChI is InChI=1S/C31H49F3N6O6/c1-29(2,3)45-27(42)36-14-8-16-39(17-9-15-37-28(43)46-30(4,5)6)26(38-25(41)31(32,33)34)40-18-12-22-20-24(44-19-7-13-35)11-10-23(22)21-40/h10-11,20H,7-9,12-19,21,35H2,1-6H3,(H,36,42)(H,37,43)/b38-26-. The number of rotatable bonds is 12. The minimum atomic E-state index is -5.17. The molecule has 0 atom stereocenters. The highest BCUT2D eigenvalue weighted by Crippen LogP contribution is 2.26. The van der Waals surface area contributed by atoms with Crippen LogP contribution in [0.3, 0.4) is 0 Å². The van der Waals surface area contributed by atoms with Gasteiger partial charge in [0.25, 0.3) is 0 Å². The first-order valence-corrected chi connectivity index (χ1v) is 15.5. The van der Waals surface area contributed by atoms with Crippen LogP contribution in [0.15, 0.2) is 23.2 Å². The van der Waals surface area contributed by atoms with E-state index in [1.807, 2.05) is 12.1 Å². The second-order valence-electron chi connectivity index (χ2n) is 12.9. The molecule has 260 valence electrons. The summed E-state index contributed by atoms with van der Waals surface area (Å²) < 4.78 is 56.7. The van der Waals surface area contributed by atoms with Crippen molar-refractivity contribution in [2.45, 2.75) is 91.1 Å². The fourth-order valence-corrected chi connectivity index (χ4v) is 4.42. The van der Waals surface area contributed by atoms with Crippen molar-refractivity contribution >= 4 is 24.1 Å². The quantitative estimate of drug-likeness (QED) is 0.169. The van der Waals surface area contributed by atoms with Crippen molar-refractivity contribution in [1.29, 1.82) is 0 Å². The fourth-order valence-electron chi connectivity index (χ4n) is 4.42. The summed E-state index contributed by atoms with van der Waals surface area (Å²) in [5.41, 5.74) is 5.99. The van der Waals surface area contributed by atoms with Crippen LogP contribution in [0, 0.1) is 0 Å². The smallest absolute Gasteiger partial charge is 0.473 e. The third-order valence-corrected chi connectivity index (χ3v) is 6.36. The Morgan fingerprint density at radius 3 is 1.98 bits per heavy atom. The number of carbonyl (C=O) groups is 3. The van der Waals surface area contributed by atoms with Crippen LogP contribution in [0.5, 0.6) is 5.75 Å². The van der Waals surface area contributed by atoms with Crippen molar-refractivity contribution < 1.29 is 41.8 Å². The lowest BCUT2D eigenvalue weighted by molar-refractivity contribution is -0.169. The predicted octanol–water partition coefficient (Wildman–Crippen LogP) is 4.35. The number of fused-ring (bicyclic) bond motifs is 1. The van der Waals surface area contributed by atoms with Crippen LogP contribution in [0.4, 0.5) is 22.8 Å². The second kappa shape index (κ2) is 17.2. The molecule has 1 heterocycles. The maximum Gasteiger partial charge on any atom is 0.473 e. The Labute approximate surface area is 269 Å². The Morgan fingerprint density at radius 1 is 0.913 bits per heavy atom. The van der Waals surface area contributed by atoms with Crippen LogP contribution in [-0.4, -0.2) is 97.1 Å². The molecule has 3 amide bonds. The highest BCUT2D eigenvalue weighted by molar-refractivity contribution is 5.95. The van der Waals surface area contributed by atoms with Crippen LogP contribution in [0.25, 0.3) is 0 Å². The Kier molecular flexibility index (Phi) is 14.4. The number of nitrogens with two attached hydrogens (primary N) is 1. The predicted molar refractivity (Wildman–Crippen MR) is 167 cm³/mol. The number of benzene rings is 1. The molecule has 15 heteroatoms. The number of hydrogen-bond donors (Lipinski definition) is 3. The first kappa shape index (κ1) is 38.4. The number of alkyl halides is 3. The zero-order valence-corrected chi connectivity index (χ0v) is 27.7. The monoisotopic (exact) mass is 658 g/mol. The molecule has 0 spiro atoms. The molecule has 0 fully saturated rings. The lowest BCUT2D eigenvalue weighted by atomic mass is 9.99. The lowest BCUT2D eigenvalue weighted by Gasteiger charge is -2.37. The SMILES string of the molecule is CC(C)(C)OC(=O)NCCCN(CCCNC(=O)OC(C)(C)C)/C(=N/C(=O)C(F)(F)F)N1CCc2cc(OCCCN)ccc2C1. The second-order valence-corrected chi connectivity index (χ2v) is 12.9. The van der Waals surface area contributed by atoms with Crippen LogP contribution < -0.4 is 21.1 Å². The number of hydrogen-bond acceptors (Lipinski definition) is 7. The third kappa shape index (κ3) is 14.6. The van der Waals surface area contributed by atoms with Gasteiger partial charge in [-0.15, -0.1) is 0 Å². The number of halogens is 3. The van der Waals surface area contributed by atoms with Gasteiger partial charge in [0.15, 0.2) is 0 Å². The Bertz CT molecular complexity index is 1160. The topological polar surface area (TPSA) is 148 Å². The van der Waals surface area contributed by atoms with Crippen molar-refractivity contribution in [3.63, 3.8) is 0 Å². The lowest BCUT2D eigenvalue weighted by Crippen LogP contribution is -2.49. The molecule has 0 aliphatic carbocycles. The number of amides is 3. The van der Waals surface area contributed by atoms with Gasteiger partial charge >= 0.3 is 24.3 Å². The highest BCUT2D eigenvalue weighted by Gasteiger charge is 2.40. The fraction of sp³-hybridized carbons (Fsp3) is 0.677. The number of carbonyl (C=O) groups excluding carboxylic acids is 3. The number of ether oxygens (including phenoxy) is 3. The van der Waals surface area contributed by atoms with Gasteiger partial charge in [-0.3, -0.25) is 4.79 Å². The minimum Gasteiger partial charge on any atom is -0.494 e. The van der Waals surface area contributed by atoms with Gasteiger partial charge in [-0.2, -0.15) is 18.2 Å². The number of alkyl carbamates (subject to hydrolysis) is 2. The van der Waals surface area contributed by atoms with E-state index in [0.29, 0.717) is 51.1 Å². The van der Waals surface area contributed by atoms with Crippen LogP contribution in [-0.2, 0) is 27.2 Å². The zero-order valence-electron chi connectivity index (χ0n) is 27.7. The van der Waals surface area contributed by atoms with Gasteiger partial charge in [0, 0.05) is 39.3 Å². The van der Waals surface area contributed by atoms with Gasteiger partial charge in [-0.25, -0.2) is 9.59 Å². The Morgan fingerprint density at radius 2 is 1.48 bits per heavy atom. The highest BCUT2D eigenvalue weighted by atomic mass is 19.4. The zero-order chi connectivity index (χ0) is 34.5. The Hall–Kier alpha value is -3.75. The maximum absolute atomic E-state index is 13.5. The molecule has 46 heavy (non-hydrogen) atoms. The summed E-state index contributed by atoms with van der Waals surface area (Å²) in [6, 6.07) is 5.55. The molecule has 4 N–H and O–H groups in total. The summed E-state index contributed by atoms with van der Waals surface area (Å²) in [5, 5.41) is 5.28. The molecule has 1 aliphatic heterocycles. The molecular weight excluding hydrogens is 609 g/mol. The number of aliphatic imine (C=N–C) groups is 1. The van der Waals surface area contributed by atoms with E-state index >= 15 is 0 Å². The molecule has 0 saturated carbocycles. The normalized spacial score (nSPS) is 13.9. The van der Waals surface area contributed by atoms with E-state index in [4.69, 9.17) is 19.9 Å². The van der Waals surface area contributed by atoms with Crippen LogP contribution >= 0.6 is 0 Å². The molecule has 1 aliphatic rings. The first-order valence-electron chi connectivity index (χ1n) is 15.5. The molecule has 0 radical (unpaired) electrons. The number of nitrogens with one attached hydrogen (secondary N) is 2. The van der Waals surface area contributed by atoms with Gasteiger partial charge in [0.2, 0.25) is 5.96 Å². The first-order chi connectivity index (χ1) is 21.4. The van der Waals surface area contributed by atoms with E-state index in [0.717, 1.165) is 11.1 Å². The minimum absolute atomic E-state index is 0.134. The van der Waals surface area contributed by atoms with E-state index in [2.05, 4.69) is 15.6 Å². The van der Waals surface area contributed by atoms with Crippen molar-refractivity contribution in [1.82, 2.24) is 20.4 Å². The summed E-state index contributed by atoms with van der Waals surface area (Å²) in [6.45, 7) is 12.5. The van der Waals surface area contributed by atoms with Crippen molar-refractivity contribution in [3.05, 3.63) is 29.3 Å². The maximum atomic E-state index is 13.5. The Balaban J connectivity index is 2.27. The van der Waals surface area contributed by atoms with E-state index in [9.17, 15) is 27.6 Å². The molecule has 0 unspecified atom stereocenters. The van der Waals surface area contributed by atoms with Gasteiger partial charge in [-0.1, -0.05) is 6.07 Å². The molecule has 12 nitrogen and oxygen atoms in total. The summed E-state index contributed by atoms with van der Waals surface area (Å²) in [7, 11) is 0. The number of nitrogens with zero attached hydrogens (tertiary/aromatic N) is 3. The summed E-state index contributed by atoms with van der Waals surface area (Å²) in [5.74, 6) is -1.68. The van der Waals surface area contributed by atoms with Crippen LogP contribution in [0.2, 0.25) is 0 Å². The molecule has 0 aromatic heterocycles. The molecular formula is C31H49F3N6O6. The molecule has 1 aromatic carbocycles. The van der Waals surface area contributed by atoms with E-state index in [1.165, 1.54) is 0 Å².